The van der Waals surface area contributed by atoms with E-state index in [4.69, 9.17) is 4.42 Å². The topological polar surface area (TPSA) is 89.3 Å². The zero-order valence-electron chi connectivity index (χ0n) is 10.3. The van der Waals surface area contributed by atoms with Crippen molar-refractivity contribution in [2.75, 3.05) is 0 Å². The Balaban J connectivity index is 2.19. The van der Waals surface area contributed by atoms with Crippen molar-refractivity contribution in [3.8, 4) is 0 Å². The number of furan rings is 1. The van der Waals surface area contributed by atoms with Crippen LogP contribution in [-0.4, -0.2) is 19.7 Å². The van der Waals surface area contributed by atoms with Gasteiger partial charge in [0.15, 0.2) is 12.0 Å². The Bertz CT molecular complexity index is 687. The lowest BCUT2D eigenvalue weighted by Crippen LogP contribution is -2.26. The summed E-state index contributed by atoms with van der Waals surface area (Å²) < 4.78 is 31.4. The van der Waals surface area contributed by atoms with Crippen LogP contribution in [0.4, 0.5) is 0 Å². The molecule has 0 aliphatic heterocycles. The summed E-state index contributed by atoms with van der Waals surface area (Å²) in [6, 6.07) is 2.08. The molecule has 0 saturated heterocycles. The van der Waals surface area contributed by atoms with Crippen molar-refractivity contribution in [3.63, 3.8) is 0 Å². The quantitative estimate of drug-likeness (QED) is 0.852. The lowest BCUT2D eigenvalue weighted by atomic mass is 10.4. The first-order valence-corrected chi connectivity index (χ1v) is 7.72. The van der Waals surface area contributed by atoms with Crippen LogP contribution in [0.15, 0.2) is 27.8 Å². The maximum atomic E-state index is 12.0. The first-order valence-electron chi connectivity index (χ1n) is 5.42. The summed E-state index contributed by atoms with van der Waals surface area (Å²) in [5.74, 6) is -0.0295. The second kappa shape index (κ2) is 5.24. The van der Waals surface area contributed by atoms with Gasteiger partial charge in [-0.25, -0.2) is 13.4 Å². The number of aldehydes is 1. The molecule has 6 nitrogen and oxygen atoms in total. The second-order valence-corrected chi connectivity index (χ2v) is 6.84. The maximum Gasteiger partial charge on any atom is 0.274 e. The standard InChI is InChI=1S/C11H12N2O4S2/c1-7-5-12-11(18-7)8(2)13-19(15,16)10-4-3-9(6-14)17-10/h3-6,8,13H,1-2H3. The van der Waals surface area contributed by atoms with Gasteiger partial charge in [-0.15, -0.1) is 11.3 Å². The van der Waals surface area contributed by atoms with E-state index in [-0.39, 0.29) is 10.9 Å². The van der Waals surface area contributed by atoms with E-state index in [9.17, 15) is 13.2 Å². The van der Waals surface area contributed by atoms with Crippen LogP contribution in [0.2, 0.25) is 0 Å². The maximum absolute atomic E-state index is 12.0. The van der Waals surface area contributed by atoms with E-state index in [2.05, 4.69) is 9.71 Å². The Labute approximate surface area is 114 Å². The molecule has 0 amide bonds. The average Bonchev–Trinajstić information content (AvgIpc) is 2.96. The number of hydrogen-bond donors (Lipinski definition) is 1. The molecule has 1 N–H and O–H groups in total. The van der Waals surface area contributed by atoms with Crippen LogP contribution in [0, 0.1) is 6.92 Å². The zero-order chi connectivity index (χ0) is 14.0. The van der Waals surface area contributed by atoms with Gasteiger partial charge in [-0.3, -0.25) is 4.79 Å². The van der Waals surface area contributed by atoms with E-state index in [0.717, 1.165) is 4.88 Å². The SMILES string of the molecule is Cc1cnc(C(C)NS(=O)(=O)c2ccc(C=O)o2)s1. The molecule has 1 unspecified atom stereocenters. The van der Waals surface area contributed by atoms with Crippen molar-refractivity contribution >= 4 is 27.6 Å². The van der Waals surface area contributed by atoms with Gasteiger partial charge < -0.3 is 4.42 Å². The summed E-state index contributed by atoms with van der Waals surface area (Å²) >= 11 is 1.42. The Morgan fingerprint density at radius 1 is 1.47 bits per heavy atom. The van der Waals surface area contributed by atoms with Crippen molar-refractivity contribution in [2.24, 2.45) is 0 Å². The van der Waals surface area contributed by atoms with Crippen LogP contribution >= 0.6 is 11.3 Å². The molecule has 2 heterocycles. The summed E-state index contributed by atoms with van der Waals surface area (Å²) in [7, 11) is -3.80. The lowest BCUT2D eigenvalue weighted by Gasteiger charge is -2.09. The van der Waals surface area contributed by atoms with E-state index < -0.39 is 16.1 Å². The van der Waals surface area contributed by atoms with Crippen LogP contribution in [-0.2, 0) is 10.0 Å². The highest BCUT2D eigenvalue weighted by Crippen LogP contribution is 2.21. The van der Waals surface area contributed by atoms with Gasteiger partial charge in [0.05, 0.1) is 6.04 Å². The molecule has 2 aromatic rings. The fraction of sp³-hybridized carbons (Fsp3) is 0.273. The number of nitrogens with one attached hydrogen (secondary N) is 1. The van der Waals surface area contributed by atoms with Crippen molar-refractivity contribution in [2.45, 2.75) is 25.0 Å². The summed E-state index contributed by atoms with van der Waals surface area (Å²) in [6.45, 7) is 3.59. The van der Waals surface area contributed by atoms with Gasteiger partial charge in [-0.05, 0) is 26.0 Å². The highest BCUT2D eigenvalue weighted by molar-refractivity contribution is 7.89. The lowest BCUT2D eigenvalue weighted by molar-refractivity contribution is 0.109. The number of nitrogens with zero attached hydrogens (tertiary/aromatic N) is 1. The van der Waals surface area contributed by atoms with Gasteiger partial charge in [0.2, 0.25) is 5.09 Å². The predicted molar refractivity (Wildman–Crippen MR) is 69.7 cm³/mol. The van der Waals surface area contributed by atoms with Crippen LogP contribution < -0.4 is 4.72 Å². The third kappa shape index (κ3) is 3.09. The molecule has 0 radical (unpaired) electrons. The van der Waals surface area contributed by atoms with E-state index >= 15 is 0 Å². The van der Waals surface area contributed by atoms with E-state index in [1.165, 1.54) is 23.5 Å². The van der Waals surface area contributed by atoms with Crippen LogP contribution in [0.1, 0.15) is 33.4 Å². The van der Waals surface area contributed by atoms with E-state index in [1.807, 2.05) is 6.92 Å². The normalized spacial score (nSPS) is 13.4. The molecule has 2 aromatic heterocycles. The Morgan fingerprint density at radius 2 is 2.21 bits per heavy atom. The Morgan fingerprint density at radius 3 is 2.74 bits per heavy atom. The Kier molecular flexibility index (Phi) is 3.83. The molecule has 0 saturated carbocycles. The molecule has 19 heavy (non-hydrogen) atoms. The van der Waals surface area contributed by atoms with E-state index in [0.29, 0.717) is 11.3 Å². The molecule has 2 rings (SSSR count). The number of carbonyl (C=O) groups excluding carboxylic acids is 1. The number of hydrogen-bond acceptors (Lipinski definition) is 6. The predicted octanol–water partition coefficient (Wildman–Crippen LogP) is 1.90. The minimum atomic E-state index is -3.80. The highest BCUT2D eigenvalue weighted by Gasteiger charge is 2.23. The summed E-state index contributed by atoms with van der Waals surface area (Å²) in [6.07, 6.45) is 2.13. The summed E-state index contributed by atoms with van der Waals surface area (Å²) in [4.78, 5) is 15.6. The Hall–Kier alpha value is -1.51. The first-order chi connectivity index (χ1) is 8.92. The minimum absolute atomic E-state index is 0.0295. The summed E-state index contributed by atoms with van der Waals surface area (Å²) in [5.41, 5.74) is 0. The molecule has 1 atom stereocenters. The average molecular weight is 300 g/mol. The van der Waals surface area contributed by atoms with E-state index in [1.54, 1.807) is 13.1 Å². The number of sulfonamides is 1. The van der Waals surface area contributed by atoms with Crippen molar-refractivity contribution in [1.82, 2.24) is 9.71 Å². The van der Waals surface area contributed by atoms with Crippen molar-refractivity contribution in [1.29, 1.82) is 0 Å². The smallest absolute Gasteiger partial charge is 0.274 e. The monoisotopic (exact) mass is 300 g/mol. The number of thiazole rings is 1. The molecule has 0 aliphatic carbocycles. The van der Waals surface area contributed by atoms with Crippen molar-refractivity contribution < 1.29 is 17.6 Å². The first kappa shape index (κ1) is 13.9. The number of aryl methyl sites for hydroxylation is 1. The van der Waals surface area contributed by atoms with Gasteiger partial charge in [0.25, 0.3) is 10.0 Å². The fourth-order valence-corrected chi connectivity index (χ4v) is 3.45. The molecule has 0 fully saturated rings. The molecule has 0 aliphatic rings. The second-order valence-electron chi connectivity index (χ2n) is 3.93. The van der Waals surface area contributed by atoms with Crippen molar-refractivity contribution in [3.05, 3.63) is 34.0 Å². The number of aromatic nitrogens is 1. The fourth-order valence-electron chi connectivity index (χ4n) is 1.46. The molecule has 0 bridgehead atoms. The number of rotatable bonds is 5. The number of carbonyl (C=O) groups is 1. The third-order valence-corrected chi connectivity index (χ3v) is 4.83. The van der Waals surface area contributed by atoms with Crippen LogP contribution in [0.5, 0.6) is 0 Å². The molecule has 8 heteroatoms. The van der Waals surface area contributed by atoms with Gasteiger partial charge in [0.1, 0.15) is 5.01 Å². The van der Waals surface area contributed by atoms with Gasteiger partial charge in [-0.2, -0.15) is 4.72 Å². The van der Waals surface area contributed by atoms with Gasteiger partial charge in [-0.1, -0.05) is 0 Å². The molecular formula is C11H12N2O4S2. The third-order valence-electron chi connectivity index (χ3n) is 2.32. The summed E-state index contributed by atoms with van der Waals surface area (Å²) in [5, 5.41) is 0.387. The molecule has 102 valence electrons. The van der Waals surface area contributed by atoms with Crippen LogP contribution in [0.25, 0.3) is 0 Å². The van der Waals surface area contributed by atoms with Crippen LogP contribution in [0.3, 0.4) is 0 Å². The van der Waals surface area contributed by atoms with Gasteiger partial charge in [0, 0.05) is 11.1 Å². The minimum Gasteiger partial charge on any atom is -0.440 e. The largest absolute Gasteiger partial charge is 0.440 e. The molecule has 0 aromatic carbocycles. The van der Waals surface area contributed by atoms with Gasteiger partial charge >= 0.3 is 0 Å². The highest BCUT2D eigenvalue weighted by atomic mass is 32.2. The molecule has 0 spiro atoms. The molecular weight excluding hydrogens is 288 g/mol. The zero-order valence-corrected chi connectivity index (χ0v) is 11.9.